The van der Waals surface area contributed by atoms with Crippen LogP contribution in [0.1, 0.15) is 33.6 Å². The molecule has 0 radical (unpaired) electrons. The summed E-state index contributed by atoms with van der Waals surface area (Å²) in [6.45, 7) is 8.57. The van der Waals surface area contributed by atoms with Crippen molar-refractivity contribution in [1.82, 2.24) is 4.90 Å². The molecule has 0 aromatic carbocycles. The predicted molar refractivity (Wildman–Crippen MR) is 61.5 cm³/mol. The van der Waals surface area contributed by atoms with Crippen LogP contribution in [0.5, 0.6) is 0 Å². The van der Waals surface area contributed by atoms with E-state index in [2.05, 4.69) is 38.3 Å². The van der Waals surface area contributed by atoms with Crippen LogP contribution in [-0.4, -0.2) is 41.0 Å². The summed E-state index contributed by atoms with van der Waals surface area (Å²) in [5, 5.41) is 9.33. The molecule has 0 heterocycles. The highest BCUT2D eigenvalue weighted by Gasteiger charge is 2.07. The predicted octanol–water partition coefficient (Wildman–Crippen LogP) is 1.79. The molecule has 0 aromatic rings. The normalized spacial score (nSPS) is 14.1. The fourth-order valence-electron chi connectivity index (χ4n) is 1.35. The van der Waals surface area contributed by atoms with Gasteiger partial charge in [0.05, 0.1) is 6.61 Å². The Kier molecular flexibility index (Phi) is 7.81. The molecule has 2 nitrogen and oxygen atoms in total. The van der Waals surface area contributed by atoms with Crippen LogP contribution >= 0.6 is 12.6 Å². The van der Waals surface area contributed by atoms with Crippen molar-refractivity contribution in [2.75, 3.05) is 19.7 Å². The fourth-order valence-corrected chi connectivity index (χ4v) is 1.53. The van der Waals surface area contributed by atoms with E-state index < -0.39 is 0 Å². The second-order valence-electron chi connectivity index (χ2n) is 3.84. The van der Waals surface area contributed by atoms with Crippen LogP contribution in [-0.2, 0) is 0 Å². The highest BCUT2D eigenvalue weighted by atomic mass is 32.1. The summed E-state index contributed by atoms with van der Waals surface area (Å²) in [5.74, 6) is 0. The minimum absolute atomic E-state index is 0.259. The minimum Gasteiger partial charge on any atom is -0.395 e. The quantitative estimate of drug-likeness (QED) is 0.619. The van der Waals surface area contributed by atoms with E-state index in [1.54, 1.807) is 0 Å². The highest BCUT2D eigenvalue weighted by Crippen LogP contribution is 2.06. The summed E-state index contributed by atoms with van der Waals surface area (Å²) in [6.07, 6.45) is 2.32. The van der Waals surface area contributed by atoms with Gasteiger partial charge in [0.1, 0.15) is 0 Å². The summed E-state index contributed by atoms with van der Waals surface area (Å²) >= 11 is 4.34. The van der Waals surface area contributed by atoms with E-state index in [0.29, 0.717) is 11.3 Å². The van der Waals surface area contributed by atoms with Gasteiger partial charge in [-0.15, -0.1) is 0 Å². The Bertz CT molecular complexity index is 117. The summed E-state index contributed by atoms with van der Waals surface area (Å²) in [4.78, 5) is 2.30. The van der Waals surface area contributed by atoms with Gasteiger partial charge < -0.3 is 5.11 Å². The molecule has 0 spiro atoms. The third-order valence-corrected chi connectivity index (χ3v) is 2.44. The average molecular weight is 205 g/mol. The fraction of sp³-hybridized carbons (Fsp3) is 1.00. The highest BCUT2D eigenvalue weighted by molar-refractivity contribution is 7.80. The molecule has 1 N–H and O–H groups in total. The van der Waals surface area contributed by atoms with Gasteiger partial charge >= 0.3 is 0 Å². The Hall–Kier alpha value is 0.270. The summed E-state index contributed by atoms with van der Waals surface area (Å²) < 4.78 is 0. The van der Waals surface area contributed by atoms with Crippen LogP contribution in [0.2, 0.25) is 0 Å². The van der Waals surface area contributed by atoms with E-state index in [4.69, 9.17) is 5.11 Å². The lowest BCUT2D eigenvalue weighted by Crippen LogP contribution is -2.34. The molecule has 0 aromatic heterocycles. The Labute approximate surface area is 87.7 Å². The molecule has 0 bridgehead atoms. The lowest BCUT2D eigenvalue weighted by molar-refractivity contribution is 0.163. The van der Waals surface area contributed by atoms with Crippen LogP contribution < -0.4 is 0 Å². The van der Waals surface area contributed by atoms with Crippen LogP contribution in [0.15, 0.2) is 0 Å². The number of hydrogen-bond donors (Lipinski definition) is 2. The maximum absolute atomic E-state index is 8.84. The lowest BCUT2D eigenvalue weighted by atomic mass is 10.2. The third-order valence-electron chi connectivity index (χ3n) is 2.18. The van der Waals surface area contributed by atoms with Gasteiger partial charge in [-0.3, -0.25) is 4.90 Å². The second kappa shape index (κ2) is 7.65. The van der Waals surface area contributed by atoms with E-state index in [0.717, 1.165) is 19.5 Å². The van der Waals surface area contributed by atoms with Crippen LogP contribution in [0.25, 0.3) is 0 Å². The van der Waals surface area contributed by atoms with Crippen molar-refractivity contribution in [2.24, 2.45) is 0 Å². The number of hydrogen-bond acceptors (Lipinski definition) is 3. The van der Waals surface area contributed by atoms with Gasteiger partial charge in [-0.25, -0.2) is 0 Å². The number of thiol groups is 1. The maximum Gasteiger partial charge on any atom is 0.0558 e. The first-order chi connectivity index (χ1) is 6.07. The monoisotopic (exact) mass is 205 g/mol. The van der Waals surface area contributed by atoms with Crippen molar-refractivity contribution in [3.05, 3.63) is 0 Å². The SMILES string of the molecule is CC(S)CCCN(CCO)C(C)C. The van der Waals surface area contributed by atoms with E-state index in [1.165, 1.54) is 6.42 Å². The number of aliphatic hydroxyl groups is 1. The summed E-state index contributed by atoms with van der Waals surface area (Å²) in [6, 6.07) is 0.530. The van der Waals surface area contributed by atoms with E-state index in [1.807, 2.05) is 0 Å². The minimum atomic E-state index is 0.259. The third kappa shape index (κ3) is 7.35. The van der Waals surface area contributed by atoms with Gasteiger partial charge in [-0.1, -0.05) is 6.92 Å². The second-order valence-corrected chi connectivity index (χ2v) is 4.73. The van der Waals surface area contributed by atoms with Gasteiger partial charge in [0.25, 0.3) is 0 Å². The van der Waals surface area contributed by atoms with Crippen LogP contribution in [0.4, 0.5) is 0 Å². The maximum atomic E-state index is 8.84. The zero-order valence-electron chi connectivity index (χ0n) is 9.03. The molecule has 0 aliphatic heterocycles. The molecule has 3 heteroatoms. The zero-order chi connectivity index (χ0) is 10.3. The Morgan fingerprint density at radius 3 is 2.23 bits per heavy atom. The molecular weight excluding hydrogens is 182 g/mol. The van der Waals surface area contributed by atoms with Gasteiger partial charge in [0.2, 0.25) is 0 Å². The molecule has 1 unspecified atom stereocenters. The van der Waals surface area contributed by atoms with Crippen LogP contribution in [0, 0.1) is 0 Å². The molecule has 0 saturated heterocycles. The molecular formula is C10H23NOS. The van der Waals surface area contributed by atoms with Crippen molar-refractivity contribution in [2.45, 2.75) is 44.9 Å². The first-order valence-corrected chi connectivity index (χ1v) is 5.62. The van der Waals surface area contributed by atoms with E-state index >= 15 is 0 Å². The molecule has 80 valence electrons. The van der Waals surface area contributed by atoms with Gasteiger partial charge in [0.15, 0.2) is 0 Å². The van der Waals surface area contributed by atoms with Crippen molar-refractivity contribution < 1.29 is 5.11 Å². The summed E-state index contributed by atoms with van der Waals surface area (Å²) in [5.41, 5.74) is 0. The van der Waals surface area contributed by atoms with Crippen molar-refractivity contribution >= 4 is 12.6 Å². The first kappa shape index (κ1) is 13.3. The standard InChI is InChI=1S/C10H23NOS/c1-9(2)11(7-8-12)6-4-5-10(3)13/h9-10,12-13H,4-8H2,1-3H3. The number of rotatable bonds is 7. The lowest BCUT2D eigenvalue weighted by Gasteiger charge is -2.25. The van der Waals surface area contributed by atoms with Crippen molar-refractivity contribution in [3.8, 4) is 0 Å². The molecule has 0 rings (SSSR count). The van der Waals surface area contributed by atoms with E-state index in [9.17, 15) is 0 Å². The molecule has 13 heavy (non-hydrogen) atoms. The summed E-state index contributed by atoms with van der Waals surface area (Å²) in [7, 11) is 0. The molecule has 1 atom stereocenters. The van der Waals surface area contributed by atoms with Crippen molar-refractivity contribution in [3.63, 3.8) is 0 Å². The molecule has 0 aliphatic rings. The van der Waals surface area contributed by atoms with Gasteiger partial charge in [-0.2, -0.15) is 12.6 Å². The molecule has 0 fully saturated rings. The Balaban J connectivity index is 3.57. The van der Waals surface area contributed by atoms with Gasteiger partial charge in [0, 0.05) is 12.6 Å². The largest absolute Gasteiger partial charge is 0.395 e. The smallest absolute Gasteiger partial charge is 0.0558 e. The molecule has 0 amide bonds. The first-order valence-electron chi connectivity index (χ1n) is 5.11. The Morgan fingerprint density at radius 1 is 1.23 bits per heavy atom. The molecule has 0 saturated carbocycles. The average Bonchev–Trinajstić information content (AvgIpc) is 2.02. The topological polar surface area (TPSA) is 23.5 Å². The van der Waals surface area contributed by atoms with Crippen LogP contribution in [0.3, 0.4) is 0 Å². The zero-order valence-corrected chi connectivity index (χ0v) is 9.93. The molecule has 0 aliphatic carbocycles. The Morgan fingerprint density at radius 2 is 1.85 bits per heavy atom. The number of nitrogens with zero attached hydrogens (tertiary/aromatic N) is 1. The van der Waals surface area contributed by atoms with E-state index in [-0.39, 0.29) is 6.61 Å². The van der Waals surface area contributed by atoms with Gasteiger partial charge in [-0.05, 0) is 38.5 Å². The van der Waals surface area contributed by atoms with Crippen molar-refractivity contribution in [1.29, 1.82) is 0 Å². The number of aliphatic hydroxyl groups excluding tert-OH is 1.